The van der Waals surface area contributed by atoms with Gasteiger partial charge in [-0.2, -0.15) is 0 Å². The first kappa shape index (κ1) is 16.4. The molecule has 2 N–H and O–H groups in total. The highest BCUT2D eigenvalue weighted by molar-refractivity contribution is 5.49. The van der Waals surface area contributed by atoms with Gasteiger partial charge >= 0.3 is 0 Å². The summed E-state index contributed by atoms with van der Waals surface area (Å²) in [5.41, 5.74) is 5.04. The largest absolute Gasteiger partial charge is 0.508 e. The average molecular weight is 298 g/mol. The Labute approximate surface area is 133 Å². The molecule has 22 heavy (non-hydrogen) atoms. The molecule has 2 nitrogen and oxygen atoms in total. The van der Waals surface area contributed by atoms with E-state index in [0.717, 1.165) is 28.7 Å². The van der Waals surface area contributed by atoms with Gasteiger partial charge in [0, 0.05) is 6.42 Å². The van der Waals surface area contributed by atoms with Crippen LogP contribution in [0.1, 0.15) is 55.5 Å². The normalized spacial score (nSPS) is 11.7. The second-order valence-electron chi connectivity index (χ2n) is 7.06. The van der Waals surface area contributed by atoms with Crippen molar-refractivity contribution >= 4 is 0 Å². The predicted molar refractivity (Wildman–Crippen MR) is 91.8 cm³/mol. The van der Waals surface area contributed by atoms with E-state index in [9.17, 15) is 10.2 Å². The summed E-state index contributed by atoms with van der Waals surface area (Å²) >= 11 is 0. The van der Waals surface area contributed by atoms with Gasteiger partial charge in [0.2, 0.25) is 0 Å². The number of phenols is 2. The Kier molecular flexibility index (Phi) is 4.50. The van der Waals surface area contributed by atoms with Crippen LogP contribution in [0, 0.1) is 6.92 Å². The molecule has 0 heterocycles. The standard InChI is InChI=1S/C20H26O2/c1-6-14-11-17(20(3,4)5)12-16(19(14)22)10-15-9-13(2)7-8-18(15)21/h7-9,11-12,21-22H,6,10H2,1-5H3. The van der Waals surface area contributed by atoms with Gasteiger partial charge < -0.3 is 10.2 Å². The summed E-state index contributed by atoms with van der Waals surface area (Å²) in [6, 6.07) is 9.74. The quantitative estimate of drug-likeness (QED) is 0.849. The molecule has 2 heteroatoms. The van der Waals surface area contributed by atoms with Crippen LogP contribution in [-0.4, -0.2) is 10.2 Å². The van der Waals surface area contributed by atoms with Crippen molar-refractivity contribution in [3.63, 3.8) is 0 Å². The Morgan fingerprint density at radius 2 is 1.55 bits per heavy atom. The number of benzene rings is 2. The second-order valence-corrected chi connectivity index (χ2v) is 7.06. The summed E-state index contributed by atoms with van der Waals surface area (Å²) in [5, 5.41) is 20.6. The highest BCUT2D eigenvalue weighted by Gasteiger charge is 2.19. The molecular weight excluding hydrogens is 272 g/mol. The van der Waals surface area contributed by atoms with E-state index >= 15 is 0 Å². The van der Waals surface area contributed by atoms with Gasteiger partial charge in [0.25, 0.3) is 0 Å². The minimum absolute atomic E-state index is 0.0288. The fraction of sp³-hybridized carbons (Fsp3) is 0.400. The van der Waals surface area contributed by atoms with Crippen molar-refractivity contribution in [1.29, 1.82) is 0 Å². The van der Waals surface area contributed by atoms with Crippen molar-refractivity contribution in [2.75, 3.05) is 0 Å². The van der Waals surface area contributed by atoms with Gasteiger partial charge in [0.05, 0.1) is 0 Å². The van der Waals surface area contributed by atoms with Crippen molar-refractivity contribution in [2.45, 2.75) is 52.9 Å². The van der Waals surface area contributed by atoms with E-state index in [2.05, 4.69) is 39.8 Å². The van der Waals surface area contributed by atoms with Crippen LogP contribution in [-0.2, 0) is 18.3 Å². The van der Waals surface area contributed by atoms with Crippen molar-refractivity contribution in [3.8, 4) is 11.5 Å². The maximum Gasteiger partial charge on any atom is 0.122 e. The van der Waals surface area contributed by atoms with Crippen LogP contribution in [0.25, 0.3) is 0 Å². The molecule has 2 aromatic carbocycles. The smallest absolute Gasteiger partial charge is 0.122 e. The second kappa shape index (κ2) is 6.04. The summed E-state index contributed by atoms with van der Waals surface area (Å²) in [7, 11) is 0. The first-order chi connectivity index (χ1) is 10.2. The number of rotatable bonds is 3. The lowest BCUT2D eigenvalue weighted by molar-refractivity contribution is 0.457. The summed E-state index contributed by atoms with van der Waals surface area (Å²) < 4.78 is 0. The summed E-state index contributed by atoms with van der Waals surface area (Å²) in [6.45, 7) is 10.6. The van der Waals surface area contributed by atoms with Gasteiger partial charge in [-0.15, -0.1) is 0 Å². The van der Waals surface area contributed by atoms with Gasteiger partial charge in [-0.05, 0) is 47.1 Å². The fourth-order valence-corrected chi connectivity index (χ4v) is 2.66. The summed E-state index contributed by atoms with van der Waals surface area (Å²) in [6.07, 6.45) is 1.33. The molecule has 0 saturated carbocycles. The van der Waals surface area contributed by atoms with Crippen LogP contribution in [0.15, 0.2) is 30.3 Å². The molecule has 0 radical (unpaired) electrons. The molecule has 2 rings (SSSR count). The van der Waals surface area contributed by atoms with Crippen LogP contribution in [0.5, 0.6) is 11.5 Å². The number of aryl methyl sites for hydroxylation is 2. The molecule has 0 amide bonds. The van der Waals surface area contributed by atoms with E-state index in [1.54, 1.807) is 6.07 Å². The molecule has 118 valence electrons. The molecule has 0 saturated heterocycles. The SMILES string of the molecule is CCc1cc(C(C)(C)C)cc(Cc2cc(C)ccc2O)c1O. The monoisotopic (exact) mass is 298 g/mol. The van der Waals surface area contributed by atoms with Crippen LogP contribution in [0.2, 0.25) is 0 Å². The third kappa shape index (κ3) is 3.44. The van der Waals surface area contributed by atoms with Crippen molar-refractivity contribution in [2.24, 2.45) is 0 Å². The Bertz CT molecular complexity index is 679. The highest BCUT2D eigenvalue weighted by atomic mass is 16.3. The Morgan fingerprint density at radius 1 is 0.909 bits per heavy atom. The average Bonchev–Trinajstić information content (AvgIpc) is 2.43. The first-order valence-corrected chi connectivity index (χ1v) is 7.86. The predicted octanol–water partition coefficient (Wildman–Crippen LogP) is 4.86. The minimum atomic E-state index is 0.0288. The molecule has 0 aromatic heterocycles. The zero-order chi connectivity index (χ0) is 16.5. The van der Waals surface area contributed by atoms with E-state index in [1.165, 1.54) is 5.56 Å². The lowest BCUT2D eigenvalue weighted by Crippen LogP contribution is -2.12. The molecule has 0 bridgehead atoms. The van der Waals surface area contributed by atoms with E-state index in [1.807, 2.05) is 19.1 Å². The van der Waals surface area contributed by atoms with E-state index in [0.29, 0.717) is 12.2 Å². The number of hydrogen-bond acceptors (Lipinski definition) is 2. The molecule has 0 unspecified atom stereocenters. The number of hydrogen-bond donors (Lipinski definition) is 2. The zero-order valence-electron chi connectivity index (χ0n) is 14.2. The van der Waals surface area contributed by atoms with Crippen LogP contribution >= 0.6 is 0 Å². The number of phenolic OH excluding ortho intramolecular Hbond substituents is 2. The van der Waals surface area contributed by atoms with Crippen LogP contribution in [0.3, 0.4) is 0 Å². The molecular formula is C20H26O2. The summed E-state index contributed by atoms with van der Waals surface area (Å²) in [5.74, 6) is 0.639. The molecule has 0 atom stereocenters. The highest BCUT2D eigenvalue weighted by Crippen LogP contribution is 2.34. The van der Waals surface area contributed by atoms with Gasteiger partial charge in [0.15, 0.2) is 0 Å². The molecule has 0 spiro atoms. The zero-order valence-corrected chi connectivity index (χ0v) is 14.2. The van der Waals surface area contributed by atoms with Gasteiger partial charge in [-0.25, -0.2) is 0 Å². The van der Waals surface area contributed by atoms with Crippen molar-refractivity contribution < 1.29 is 10.2 Å². The van der Waals surface area contributed by atoms with Gasteiger partial charge in [-0.1, -0.05) is 57.5 Å². The van der Waals surface area contributed by atoms with Crippen LogP contribution < -0.4 is 0 Å². The number of aromatic hydroxyl groups is 2. The third-order valence-corrected chi connectivity index (χ3v) is 4.13. The summed E-state index contributed by atoms with van der Waals surface area (Å²) in [4.78, 5) is 0. The Balaban J connectivity index is 2.52. The Hall–Kier alpha value is -1.96. The van der Waals surface area contributed by atoms with Crippen LogP contribution in [0.4, 0.5) is 0 Å². The van der Waals surface area contributed by atoms with Gasteiger partial charge in [-0.3, -0.25) is 0 Å². The Morgan fingerprint density at radius 3 is 2.14 bits per heavy atom. The van der Waals surface area contributed by atoms with E-state index in [4.69, 9.17) is 0 Å². The fourth-order valence-electron chi connectivity index (χ4n) is 2.66. The third-order valence-electron chi connectivity index (χ3n) is 4.13. The van der Waals surface area contributed by atoms with Gasteiger partial charge in [0.1, 0.15) is 11.5 Å². The first-order valence-electron chi connectivity index (χ1n) is 7.86. The topological polar surface area (TPSA) is 40.5 Å². The maximum absolute atomic E-state index is 10.5. The minimum Gasteiger partial charge on any atom is -0.508 e. The van der Waals surface area contributed by atoms with E-state index < -0.39 is 0 Å². The molecule has 0 aliphatic heterocycles. The molecule has 0 aliphatic carbocycles. The lowest BCUT2D eigenvalue weighted by Gasteiger charge is -2.22. The maximum atomic E-state index is 10.5. The molecule has 0 aliphatic rings. The molecule has 2 aromatic rings. The van der Waals surface area contributed by atoms with Crippen molar-refractivity contribution in [1.82, 2.24) is 0 Å². The molecule has 0 fully saturated rings. The van der Waals surface area contributed by atoms with E-state index in [-0.39, 0.29) is 11.2 Å². The lowest BCUT2D eigenvalue weighted by atomic mass is 9.83. The van der Waals surface area contributed by atoms with Crippen molar-refractivity contribution in [3.05, 3.63) is 58.1 Å².